The first-order chi connectivity index (χ1) is 8.82. The Kier molecular flexibility index (Phi) is 4.18. The van der Waals surface area contributed by atoms with Crippen LogP contribution in [0.25, 0.3) is 0 Å². The Balaban J connectivity index is 1.93. The van der Waals surface area contributed by atoms with Gasteiger partial charge in [0.1, 0.15) is 0 Å². The molecule has 0 unspecified atom stereocenters. The van der Waals surface area contributed by atoms with E-state index in [0.717, 1.165) is 6.54 Å². The van der Waals surface area contributed by atoms with Gasteiger partial charge in [-0.2, -0.15) is 0 Å². The van der Waals surface area contributed by atoms with Crippen LogP contribution in [0.1, 0.15) is 39.5 Å². The summed E-state index contributed by atoms with van der Waals surface area (Å²) in [5, 5.41) is 19.7. The first kappa shape index (κ1) is 14.8. The second-order valence-electron chi connectivity index (χ2n) is 6.62. The molecule has 2 rings (SSSR count). The quantitative estimate of drug-likeness (QED) is 0.804. The number of hydrogen-bond donors (Lipinski definition) is 2. The Hall–Kier alpha value is -0.650. The van der Waals surface area contributed by atoms with Crippen molar-refractivity contribution in [2.24, 2.45) is 5.92 Å². The fourth-order valence-corrected chi connectivity index (χ4v) is 3.10. The number of carbonyl (C=O) groups is 1. The lowest BCUT2D eigenvalue weighted by atomic mass is 9.78. The van der Waals surface area contributed by atoms with Crippen LogP contribution in [0.2, 0.25) is 0 Å². The first-order valence-corrected chi connectivity index (χ1v) is 7.10. The third kappa shape index (κ3) is 3.46. The second kappa shape index (κ2) is 5.38. The number of aliphatic hydroxyl groups is 1. The number of carboxylic acid groups (broad SMARTS) is 1. The van der Waals surface area contributed by atoms with Crippen molar-refractivity contribution in [2.75, 3.05) is 26.3 Å². The van der Waals surface area contributed by atoms with E-state index in [1.54, 1.807) is 0 Å². The number of ether oxygens (including phenoxy) is 1. The normalized spacial score (nSPS) is 36.1. The lowest BCUT2D eigenvalue weighted by molar-refractivity contribution is -0.146. The molecule has 1 aliphatic heterocycles. The number of aliphatic carboxylic acids is 1. The standard InChI is InChI=1S/C14H25NO4/c1-13(2)10-19-8-7-15(13)9-14(18)5-3-11(4-6-14)12(16)17/h11,18H,3-10H2,1-2H3,(H,16,17). The van der Waals surface area contributed by atoms with Gasteiger partial charge >= 0.3 is 5.97 Å². The molecule has 0 bridgehead atoms. The van der Waals surface area contributed by atoms with Gasteiger partial charge < -0.3 is 14.9 Å². The minimum absolute atomic E-state index is 0.0579. The number of nitrogens with zero attached hydrogens (tertiary/aromatic N) is 1. The van der Waals surface area contributed by atoms with Crippen molar-refractivity contribution >= 4 is 5.97 Å². The van der Waals surface area contributed by atoms with E-state index in [0.29, 0.717) is 45.4 Å². The molecule has 1 aliphatic carbocycles. The van der Waals surface area contributed by atoms with Gasteiger partial charge in [0.05, 0.1) is 24.7 Å². The molecule has 5 nitrogen and oxygen atoms in total. The Bertz CT molecular complexity index is 334. The van der Waals surface area contributed by atoms with Crippen LogP contribution in [0.3, 0.4) is 0 Å². The van der Waals surface area contributed by atoms with Crippen LogP contribution in [-0.2, 0) is 9.53 Å². The number of β-amino-alcohol motifs (C(OH)–C–C–N with tert-alkyl or cyclic N) is 1. The van der Waals surface area contributed by atoms with E-state index in [-0.39, 0.29) is 11.5 Å². The van der Waals surface area contributed by atoms with E-state index in [1.165, 1.54) is 0 Å². The summed E-state index contributed by atoms with van der Waals surface area (Å²) in [5.74, 6) is -1.01. The third-order valence-corrected chi connectivity index (χ3v) is 4.57. The molecular weight excluding hydrogens is 246 g/mol. The summed E-state index contributed by atoms with van der Waals surface area (Å²) < 4.78 is 5.48. The van der Waals surface area contributed by atoms with E-state index in [9.17, 15) is 9.90 Å². The summed E-state index contributed by atoms with van der Waals surface area (Å²) >= 11 is 0. The number of carboxylic acids is 1. The predicted molar refractivity (Wildman–Crippen MR) is 71.0 cm³/mol. The maximum Gasteiger partial charge on any atom is 0.306 e. The summed E-state index contributed by atoms with van der Waals surface area (Å²) in [6.45, 7) is 7.09. The average Bonchev–Trinajstić information content (AvgIpc) is 2.32. The number of rotatable bonds is 3. The van der Waals surface area contributed by atoms with Crippen molar-refractivity contribution in [1.82, 2.24) is 4.90 Å². The largest absolute Gasteiger partial charge is 0.481 e. The van der Waals surface area contributed by atoms with Crippen molar-refractivity contribution in [1.29, 1.82) is 0 Å². The van der Waals surface area contributed by atoms with Crippen LogP contribution in [0.4, 0.5) is 0 Å². The molecule has 1 saturated carbocycles. The maximum atomic E-state index is 10.9. The SMILES string of the molecule is CC1(C)COCCN1CC1(O)CCC(C(=O)O)CC1. The van der Waals surface area contributed by atoms with Crippen LogP contribution in [0.15, 0.2) is 0 Å². The van der Waals surface area contributed by atoms with Gasteiger partial charge in [-0.05, 0) is 39.5 Å². The Morgan fingerprint density at radius 3 is 2.53 bits per heavy atom. The third-order valence-electron chi connectivity index (χ3n) is 4.57. The van der Waals surface area contributed by atoms with Gasteiger partial charge in [0, 0.05) is 18.6 Å². The van der Waals surface area contributed by atoms with Gasteiger partial charge in [-0.25, -0.2) is 0 Å². The fourth-order valence-electron chi connectivity index (χ4n) is 3.10. The van der Waals surface area contributed by atoms with E-state index in [4.69, 9.17) is 9.84 Å². The van der Waals surface area contributed by atoms with Gasteiger partial charge in [0.2, 0.25) is 0 Å². The second-order valence-corrected chi connectivity index (χ2v) is 6.62. The molecule has 1 saturated heterocycles. The summed E-state index contributed by atoms with van der Waals surface area (Å²) in [5.41, 5.74) is -0.793. The van der Waals surface area contributed by atoms with Crippen LogP contribution < -0.4 is 0 Å². The minimum Gasteiger partial charge on any atom is -0.481 e. The average molecular weight is 271 g/mol. The van der Waals surface area contributed by atoms with Crippen LogP contribution in [0, 0.1) is 5.92 Å². The molecule has 0 amide bonds. The van der Waals surface area contributed by atoms with Crippen molar-refractivity contribution in [2.45, 2.75) is 50.7 Å². The van der Waals surface area contributed by atoms with Gasteiger partial charge in [-0.15, -0.1) is 0 Å². The van der Waals surface area contributed by atoms with Gasteiger partial charge in [-0.1, -0.05) is 0 Å². The Labute approximate surface area is 114 Å². The highest BCUT2D eigenvalue weighted by Gasteiger charge is 2.40. The van der Waals surface area contributed by atoms with Crippen molar-refractivity contribution < 1.29 is 19.7 Å². The summed E-state index contributed by atoms with van der Waals surface area (Å²) in [6, 6.07) is 0. The molecule has 0 atom stereocenters. The van der Waals surface area contributed by atoms with Crippen molar-refractivity contribution in [3.8, 4) is 0 Å². The maximum absolute atomic E-state index is 10.9. The highest BCUT2D eigenvalue weighted by Crippen LogP contribution is 2.34. The highest BCUT2D eigenvalue weighted by molar-refractivity contribution is 5.70. The van der Waals surface area contributed by atoms with E-state index in [2.05, 4.69) is 18.7 Å². The van der Waals surface area contributed by atoms with Crippen LogP contribution >= 0.6 is 0 Å². The number of hydrogen-bond acceptors (Lipinski definition) is 4. The lowest BCUT2D eigenvalue weighted by Crippen LogP contribution is -2.58. The first-order valence-electron chi connectivity index (χ1n) is 7.10. The summed E-state index contributed by atoms with van der Waals surface area (Å²) in [6.07, 6.45) is 2.32. The Morgan fingerprint density at radius 1 is 1.37 bits per heavy atom. The molecule has 0 aromatic rings. The molecule has 2 aliphatic rings. The molecule has 0 radical (unpaired) electrons. The predicted octanol–water partition coefficient (Wildman–Crippen LogP) is 1.10. The summed E-state index contributed by atoms with van der Waals surface area (Å²) in [7, 11) is 0. The van der Waals surface area contributed by atoms with Crippen molar-refractivity contribution in [3.63, 3.8) is 0 Å². The molecule has 2 N–H and O–H groups in total. The van der Waals surface area contributed by atoms with E-state index >= 15 is 0 Å². The topological polar surface area (TPSA) is 70.0 Å². The monoisotopic (exact) mass is 271 g/mol. The lowest BCUT2D eigenvalue weighted by Gasteiger charge is -2.47. The number of morpholine rings is 1. The zero-order chi connectivity index (χ0) is 14.1. The van der Waals surface area contributed by atoms with E-state index in [1.807, 2.05) is 0 Å². The Morgan fingerprint density at radius 2 is 2.00 bits per heavy atom. The minimum atomic E-state index is -0.736. The van der Waals surface area contributed by atoms with Gasteiger partial charge in [-0.3, -0.25) is 9.69 Å². The molecule has 1 heterocycles. The van der Waals surface area contributed by atoms with Crippen molar-refractivity contribution in [3.05, 3.63) is 0 Å². The molecule has 0 aromatic heterocycles. The van der Waals surface area contributed by atoms with E-state index < -0.39 is 11.6 Å². The molecule has 19 heavy (non-hydrogen) atoms. The zero-order valence-electron chi connectivity index (χ0n) is 11.9. The summed E-state index contributed by atoms with van der Waals surface area (Å²) in [4.78, 5) is 13.2. The molecule has 110 valence electrons. The molecule has 0 aromatic carbocycles. The van der Waals surface area contributed by atoms with Crippen LogP contribution in [-0.4, -0.2) is 58.5 Å². The van der Waals surface area contributed by atoms with Crippen LogP contribution in [0.5, 0.6) is 0 Å². The molecule has 5 heteroatoms. The highest BCUT2D eigenvalue weighted by atomic mass is 16.5. The van der Waals surface area contributed by atoms with Gasteiger partial charge in [0.25, 0.3) is 0 Å². The fraction of sp³-hybridized carbons (Fsp3) is 0.929. The molecule has 0 spiro atoms. The molecule has 2 fully saturated rings. The van der Waals surface area contributed by atoms with Gasteiger partial charge in [0.15, 0.2) is 0 Å². The molecular formula is C14H25NO4. The zero-order valence-corrected chi connectivity index (χ0v) is 11.9. The smallest absolute Gasteiger partial charge is 0.306 e.